The predicted molar refractivity (Wildman–Crippen MR) is 69.7 cm³/mol. The van der Waals surface area contributed by atoms with Crippen LogP contribution in [0, 0.1) is 0 Å². The molecule has 0 radical (unpaired) electrons. The van der Waals surface area contributed by atoms with Gasteiger partial charge in [0.2, 0.25) is 0 Å². The molecule has 0 bridgehead atoms. The van der Waals surface area contributed by atoms with Gasteiger partial charge in [0.05, 0.1) is 6.10 Å². The lowest BCUT2D eigenvalue weighted by atomic mass is 10.2. The Morgan fingerprint density at radius 3 is 2.78 bits per heavy atom. The van der Waals surface area contributed by atoms with Gasteiger partial charge in [-0.3, -0.25) is 0 Å². The van der Waals surface area contributed by atoms with Crippen LogP contribution in [0.3, 0.4) is 0 Å². The first-order valence-corrected chi connectivity index (χ1v) is 7.16. The molecule has 0 aromatic heterocycles. The molecule has 1 fully saturated rings. The topological polar surface area (TPSA) is 89.9 Å². The molecule has 1 aliphatic heterocycles. The second-order valence-electron chi connectivity index (χ2n) is 4.41. The van der Waals surface area contributed by atoms with Gasteiger partial charge in [-0.05, 0) is 12.7 Å². The smallest absolute Gasteiger partial charge is 0.326 e. The van der Waals surface area contributed by atoms with Crippen LogP contribution in [0.2, 0.25) is 0 Å². The molecule has 3 unspecified atom stereocenters. The van der Waals surface area contributed by atoms with Crippen molar-refractivity contribution in [2.75, 3.05) is 18.1 Å². The van der Waals surface area contributed by atoms with E-state index in [2.05, 4.69) is 5.32 Å². The summed E-state index contributed by atoms with van der Waals surface area (Å²) in [5, 5.41) is 21.2. The number of likely N-dealkylation sites (tertiary alicyclic amines) is 1. The number of carbonyl (C=O) groups is 2. The largest absolute Gasteiger partial charge is 0.480 e. The number of amides is 2. The molecule has 6 nitrogen and oxygen atoms in total. The summed E-state index contributed by atoms with van der Waals surface area (Å²) in [5.74, 6) is 0.689. The molecule has 0 aromatic carbocycles. The van der Waals surface area contributed by atoms with Gasteiger partial charge >= 0.3 is 12.0 Å². The van der Waals surface area contributed by atoms with Crippen LogP contribution in [0.4, 0.5) is 4.79 Å². The fourth-order valence-corrected chi connectivity index (χ4v) is 2.57. The second kappa shape index (κ2) is 6.84. The Labute approximate surface area is 111 Å². The lowest BCUT2D eigenvalue weighted by molar-refractivity contribution is -0.141. The molecule has 0 aliphatic carbocycles. The maximum Gasteiger partial charge on any atom is 0.326 e. The minimum absolute atomic E-state index is 0.0189. The predicted octanol–water partition coefficient (Wildman–Crippen LogP) is 0.357. The van der Waals surface area contributed by atoms with Crippen molar-refractivity contribution in [1.82, 2.24) is 10.2 Å². The molecule has 1 aliphatic rings. The fourth-order valence-electron chi connectivity index (χ4n) is 1.90. The van der Waals surface area contributed by atoms with E-state index in [1.54, 1.807) is 11.8 Å². The quantitative estimate of drug-likeness (QED) is 0.674. The molecule has 7 heteroatoms. The van der Waals surface area contributed by atoms with E-state index >= 15 is 0 Å². The van der Waals surface area contributed by atoms with Crippen LogP contribution in [-0.2, 0) is 4.79 Å². The molecule has 1 saturated heterocycles. The second-order valence-corrected chi connectivity index (χ2v) is 5.72. The Bertz CT molecular complexity index is 313. The zero-order valence-electron chi connectivity index (χ0n) is 10.6. The fraction of sp³-hybridized carbons (Fsp3) is 0.818. The van der Waals surface area contributed by atoms with E-state index in [1.165, 1.54) is 4.90 Å². The first-order chi connectivity index (χ1) is 8.45. The van der Waals surface area contributed by atoms with Crippen LogP contribution in [0.5, 0.6) is 0 Å². The van der Waals surface area contributed by atoms with Gasteiger partial charge in [0.1, 0.15) is 6.04 Å². The number of carbonyl (C=O) groups excluding carboxylic acids is 1. The van der Waals surface area contributed by atoms with E-state index < -0.39 is 24.1 Å². The number of urea groups is 1. The van der Waals surface area contributed by atoms with Crippen molar-refractivity contribution < 1.29 is 19.8 Å². The Balaban J connectivity index is 2.52. The summed E-state index contributed by atoms with van der Waals surface area (Å²) < 4.78 is 0. The highest BCUT2D eigenvalue weighted by atomic mass is 32.2. The van der Waals surface area contributed by atoms with Crippen molar-refractivity contribution in [2.24, 2.45) is 0 Å². The number of aliphatic carboxylic acids is 1. The van der Waals surface area contributed by atoms with Gasteiger partial charge in [-0.25, -0.2) is 9.59 Å². The van der Waals surface area contributed by atoms with Crippen molar-refractivity contribution in [3.05, 3.63) is 0 Å². The Morgan fingerprint density at radius 1 is 1.56 bits per heavy atom. The maximum atomic E-state index is 11.9. The van der Waals surface area contributed by atoms with Gasteiger partial charge in [-0.1, -0.05) is 6.92 Å². The number of β-amino-alcohol motifs (C(OH)–C–C–N with tert-alkyl or cyclic N) is 1. The maximum absolute atomic E-state index is 11.9. The van der Waals surface area contributed by atoms with Gasteiger partial charge in [0.15, 0.2) is 0 Å². The van der Waals surface area contributed by atoms with Gasteiger partial charge in [0, 0.05) is 24.8 Å². The standard InChI is InChI=1S/C11H20N2O4S/c1-3-18-6-7(2)12-11(17)13-5-8(14)4-9(13)10(15)16/h7-9,14H,3-6H2,1-2H3,(H,12,17)(H,15,16). The van der Waals surface area contributed by atoms with Crippen LogP contribution < -0.4 is 5.32 Å². The van der Waals surface area contributed by atoms with Crippen LogP contribution in [0.15, 0.2) is 0 Å². The molecular formula is C11H20N2O4S. The van der Waals surface area contributed by atoms with Crippen LogP contribution in [0.25, 0.3) is 0 Å². The van der Waals surface area contributed by atoms with Gasteiger partial charge in [0.25, 0.3) is 0 Å². The summed E-state index contributed by atoms with van der Waals surface area (Å²) in [4.78, 5) is 24.1. The monoisotopic (exact) mass is 276 g/mol. The van der Waals surface area contributed by atoms with E-state index in [0.717, 1.165) is 11.5 Å². The van der Waals surface area contributed by atoms with E-state index in [9.17, 15) is 14.7 Å². The molecular weight excluding hydrogens is 256 g/mol. The number of aliphatic hydroxyl groups excluding tert-OH is 1. The van der Waals surface area contributed by atoms with Crippen molar-refractivity contribution in [2.45, 2.75) is 38.5 Å². The number of aliphatic hydroxyl groups is 1. The molecule has 1 rings (SSSR count). The molecule has 0 spiro atoms. The average molecular weight is 276 g/mol. The summed E-state index contributed by atoms with van der Waals surface area (Å²) >= 11 is 1.71. The molecule has 3 atom stereocenters. The van der Waals surface area contributed by atoms with E-state index in [4.69, 9.17) is 5.11 Å². The summed E-state index contributed by atoms with van der Waals surface area (Å²) in [6.07, 6.45) is -0.655. The highest BCUT2D eigenvalue weighted by Crippen LogP contribution is 2.18. The zero-order valence-corrected chi connectivity index (χ0v) is 11.4. The molecule has 3 N–H and O–H groups in total. The number of carboxylic acids is 1. The minimum Gasteiger partial charge on any atom is -0.480 e. The van der Waals surface area contributed by atoms with E-state index in [0.29, 0.717) is 0 Å². The van der Waals surface area contributed by atoms with Crippen molar-refractivity contribution in [3.63, 3.8) is 0 Å². The number of hydrogen-bond donors (Lipinski definition) is 3. The summed E-state index contributed by atoms with van der Waals surface area (Å²) in [6, 6.07) is -1.36. The molecule has 2 amide bonds. The van der Waals surface area contributed by atoms with Gasteiger partial charge in [-0.15, -0.1) is 0 Å². The third kappa shape index (κ3) is 4.06. The highest BCUT2D eigenvalue weighted by molar-refractivity contribution is 7.99. The first-order valence-electron chi connectivity index (χ1n) is 6.01. The molecule has 18 heavy (non-hydrogen) atoms. The number of rotatable bonds is 5. The van der Waals surface area contributed by atoms with Crippen molar-refractivity contribution in [1.29, 1.82) is 0 Å². The molecule has 104 valence electrons. The Kier molecular flexibility index (Phi) is 5.74. The SMILES string of the molecule is CCSCC(C)NC(=O)N1CC(O)CC1C(=O)O. The number of thioether (sulfide) groups is 1. The molecule has 1 heterocycles. The van der Waals surface area contributed by atoms with Crippen LogP contribution >= 0.6 is 11.8 Å². The summed E-state index contributed by atoms with van der Waals surface area (Å²) in [5.41, 5.74) is 0. The number of carboxylic acid groups (broad SMARTS) is 1. The van der Waals surface area contributed by atoms with Gasteiger partial charge < -0.3 is 20.4 Å². The first kappa shape index (κ1) is 15.1. The third-order valence-corrected chi connectivity index (χ3v) is 3.91. The highest BCUT2D eigenvalue weighted by Gasteiger charge is 2.39. The Morgan fingerprint density at radius 2 is 2.22 bits per heavy atom. The Hall–Kier alpha value is -0.950. The minimum atomic E-state index is -1.07. The van der Waals surface area contributed by atoms with E-state index in [1.807, 2.05) is 13.8 Å². The summed E-state index contributed by atoms with van der Waals surface area (Å²) in [6.45, 7) is 4.00. The normalized spacial score (nSPS) is 24.9. The molecule has 0 saturated carbocycles. The lowest BCUT2D eigenvalue weighted by Gasteiger charge is -2.24. The van der Waals surface area contributed by atoms with Crippen LogP contribution in [0.1, 0.15) is 20.3 Å². The van der Waals surface area contributed by atoms with Crippen LogP contribution in [-0.4, -0.2) is 63.4 Å². The lowest BCUT2D eigenvalue weighted by Crippen LogP contribution is -2.49. The van der Waals surface area contributed by atoms with Crippen molar-refractivity contribution in [3.8, 4) is 0 Å². The number of nitrogens with zero attached hydrogens (tertiary/aromatic N) is 1. The van der Waals surface area contributed by atoms with Crippen molar-refractivity contribution >= 4 is 23.8 Å². The average Bonchev–Trinajstić information content (AvgIpc) is 2.69. The summed E-state index contributed by atoms with van der Waals surface area (Å²) in [7, 11) is 0. The number of nitrogens with one attached hydrogen (secondary N) is 1. The van der Waals surface area contributed by atoms with Gasteiger partial charge in [-0.2, -0.15) is 11.8 Å². The third-order valence-electron chi connectivity index (χ3n) is 2.77. The zero-order chi connectivity index (χ0) is 13.7. The number of hydrogen-bond acceptors (Lipinski definition) is 4. The molecule has 0 aromatic rings. The van der Waals surface area contributed by atoms with E-state index in [-0.39, 0.29) is 19.0 Å².